The molecule has 1 fully saturated rings. The van der Waals surface area contributed by atoms with Crippen molar-refractivity contribution < 1.29 is 22.3 Å². The highest BCUT2D eigenvalue weighted by Crippen LogP contribution is 2.32. The summed E-state index contributed by atoms with van der Waals surface area (Å²) in [6.07, 6.45) is 1.13. The maximum absolute atomic E-state index is 14.5. The molecule has 0 bridgehead atoms. The van der Waals surface area contributed by atoms with Crippen LogP contribution in [0.15, 0.2) is 41.3 Å². The van der Waals surface area contributed by atoms with Gasteiger partial charge in [0.15, 0.2) is 15.0 Å². The summed E-state index contributed by atoms with van der Waals surface area (Å²) in [4.78, 5) is 21.6. The maximum Gasteiger partial charge on any atom is 0.264 e. The van der Waals surface area contributed by atoms with Gasteiger partial charge in [0.2, 0.25) is 0 Å². The number of ether oxygens (including phenoxy) is 1. The van der Waals surface area contributed by atoms with Crippen molar-refractivity contribution >= 4 is 54.0 Å². The lowest BCUT2D eigenvalue weighted by Gasteiger charge is -2.29. The smallest absolute Gasteiger partial charge is 0.264 e. The van der Waals surface area contributed by atoms with Crippen molar-refractivity contribution in [1.82, 2.24) is 9.88 Å². The molecule has 0 radical (unpaired) electrons. The van der Waals surface area contributed by atoms with Gasteiger partial charge in [-0.2, -0.15) is 0 Å². The van der Waals surface area contributed by atoms with E-state index < -0.39 is 21.6 Å². The summed E-state index contributed by atoms with van der Waals surface area (Å²) >= 11 is 7.33. The predicted molar refractivity (Wildman–Crippen MR) is 123 cm³/mol. The van der Waals surface area contributed by atoms with Crippen LogP contribution in [0.4, 0.5) is 9.52 Å². The van der Waals surface area contributed by atoms with Crippen molar-refractivity contribution in [2.75, 3.05) is 50.5 Å². The van der Waals surface area contributed by atoms with E-state index in [1.54, 1.807) is 6.07 Å². The number of hydrogen-bond acceptors (Lipinski definition) is 7. The lowest BCUT2D eigenvalue weighted by atomic mass is 10.2. The number of aromatic nitrogens is 1. The third-order valence-corrected chi connectivity index (χ3v) is 7.64. The molecule has 0 atom stereocenters. The zero-order valence-corrected chi connectivity index (χ0v) is 19.6. The first-order chi connectivity index (χ1) is 15.2. The quantitative estimate of drug-likeness (QED) is 0.519. The number of benzene rings is 2. The van der Waals surface area contributed by atoms with Crippen molar-refractivity contribution in [1.29, 1.82) is 0 Å². The fourth-order valence-corrected chi connectivity index (χ4v) is 5.42. The Morgan fingerprint density at radius 1 is 1.28 bits per heavy atom. The summed E-state index contributed by atoms with van der Waals surface area (Å²) < 4.78 is 44.3. The van der Waals surface area contributed by atoms with Gasteiger partial charge in [0.1, 0.15) is 5.82 Å². The van der Waals surface area contributed by atoms with E-state index in [1.165, 1.54) is 46.6 Å². The van der Waals surface area contributed by atoms with Gasteiger partial charge >= 0.3 is 0 Å². The predicted octanol–water partition coefficient (Wildman–Crippen LogP) is 3.47. The molecule has 170 valence electrons. The first-order valence-electron chi connectivity index (χ1n) is 9.90. The molecular formula is C21H21ClFN3O4S2. The summed E-state index contributed by atoms with van der Waals surface area (Å²) in [5.74, 6) is -1.30. The fraction of sp³-hybridized carbons (Fsp3) is 0.333. The van der Waals surface area contributed by atoms with Gasteiger partial charge in [-0.05, 0) is 30.3 Å². The number of sulfone groups is 1. The third kappa shape index (κ3) is 4.94. The van der Waals surface area contributed by atoms with Crippen LogP contribution < -0.4 is 4.90 Å². The van der Waals surface area contributed by atoms with E-state index in [2.05, 4.69) is 9.88 Å². The molecule has 32 heavy (non-hydrogen) atoms. The summed E-state index contributed by atoms with van der Waals surface area (Å²) in [5.41, 5.74) is 0.341. The van der Waals surface area contributed by atoms with Crippen molar-refractivity contribution in [3.8, 4) is 0 Å². The Labute approximate surface area is 194 Å². The lowest BCUT2D eigenvalue weighted by molar-refractivity contribution is 0.0391. The normalized spacial score (nSPS) is 15.2. The van der Waals surface area contributed by atoms with E-state index in [1.807, 2.05) is 0 Å². The Kier molecular flexibility index (Phi) is 6.78. The number of carbonyl (C=O) groups is 1. The number of thiazole rings is 1. The van der Waals surface area contributed by atoms with Crippen LogP contribution in [0.2, 0.25) is 5.02 Å². The van der Waals surface area contributed by atoms with Crippen LogP contribution in [0.3, 0.4) is 0 Å². The number of carbonyl (C=O) groups excluding carboxylic acids is 1. The Balaban J connectivity index is 1.71. The van der Waals surface area contributed by atoms with Gasteiger partial charge in [-0.15, -0.1) is 0 Å². The zero-order chi connectivity index (χ0) is 22.9. The van der Waals surface area contributed by atoms with Crippen LogP contribution in [-0.4, -0.2) is 69.9 Å². The fourth-order valence-electron chi connectivity index (χ4n) is 3.43. The number of nitrogens with zero attached hydrogens (tertiary/aromatic N) is 3. The molecule has 0 aliphatic carbocycles. The summed E-state index contributed by atoms with van der Waals surface area (Å²) in [6.45, 7) is 3.51. The van der Waals surface area contributed by atoms with Gasteiger partial charge in [-0.1, -0.05) is 29.0 Å². The highest BCUT2D eigenvalue weighted by atomic mass is 35.5. The molecule has 4 rings (SSSR count). The van der Waals surface area contributed by atoms with E-state index in [0.29, 0.717) is 35.1 Å². The molecule has 0 spiro atoms. The van der Waals surface area contributed by atoms with Crippen LogP contribution in [0.25, 0.3) is 10.2 Å². The third-order valence-electron chi connectivity index (χ3n) is 5.17. The van der Waals surface area contributed by atoms with E-state index in [9.17, 15) is 17.6 Å². The van der Waals surface area contributed by atoms with Gasteiger partial charge in [0.05, 0.1) is 38.9 Å². The summed E-state index contributed by atoms with van der Waals surface area (Å²) in [7, 11) is -3.39. The number of anilines is 1. The van der Waals surface area contributed by atoms with Crippen molar-refractivity contribution in [3.63, 3.8) is 0 Å². The van der Waals surface area contributed by atoms with Crippen molar-refractivity contribution in [2.45, 2.75) is 4.90 Å². The van der Waals surface area contributed by atoms with Crippen molar-refractivity contribution in [2.24, 2.45) is 0 Å². The van der Waals surface area contributed by atoms with Crippen LogP contribution in [-0.2, 0) is 14.6 Å². The Morgan fingerprint density at radius 2 is 2.03 bits per heavy atom. The van der Waals surface area contributed by atoms with Gasteiger partial charge in [0.25, 0.3) is 5.91 Å². The Morgan fingerprint density at radius 3 is 2.72 bits per heavy atom. The molecule has 3 aromatic rings. The molecule has 2 heterocycles. The molecule has 1 aromatic heterocycles. The Hall–Kier alpha value is -2.11. The minimum Gasteiger partial charge on any atom is -0.379 e. The molecule has 1 saturated heterocycles. The van der Waals surface area contributed by atoms with Crippen molar-refractivity contribution in [3.05, 3.63) is 52.8 Å². The number of amides is 1. The monoisotopic (exact) mass is 497 g/mol. The topological polar surface area (TPSA) is 79.8 Å². The molecule has 2 aromatic carbocycles. The maximum atomic E-state index is 14.5. The number of rotatable bonds is 6. The number of hydrogen-bond donors (Lipinski definition) is 0. The minimum atomic E-state index is -3.39. The second kappa shape index (κ2) is 9.40. The minimum absolute atomic E-state index is 0.0202. The van der Waals surface area contributed by atoms with Crippen LogP contribution in [0, 0.1) is 5.82 Å². The zero-order valence-electron chi connectivity index (χ0n) is 17.3. The SMILES string of the molecule is CS(=O)(=O)c1ccc2nc(N(CCN3CCOCC3)C(=O)c3c(F)cccc3Cl)sc2c1. The van der Waals surface area contributed by atoms with Gasteiger partial charge in [-0.3, -0.25) is 14.6 Å². The number of fused-ring (bicyclic) bond motifs is 1. The highest BCUT2D eigenvalue weighted by molar-refractivity contribution is 7.90. The lowest BCUT2D eigenvalue weighted by Crippen LogP contribution is -2.43. The molecule has 11 heteroatoms. The van der Waals surface area contributed by atoms with E-state index in [4.69, 9.17) is 16.3 Å². The number of morpholine rings is 1. The first-order valence-corrected chi connectivity index (χ1v) is 13.0. The Bertz CT molecular complexity index is 1240. The molecule has 7 nitrogen and oxygen atoms in total. The molecule has 1 aliphatic rings. The van der Waals surface area contributed by atoms with E-state index in [-0.39, 0.29) is 22.0 Å². The number of halogens is 2. The van der Waals surface area contributed by atoms with Crippen LogP contribution >= 0.6 is 22.9 Å². The van der Waals surface area contributed by atoms with E-state index >= 15 is 0 Å². The largest absolute Gasteiger partial charge is 0.379 e. The average Bonchev–Trinajstić information content (AvgIpc) is 3.17. The van der Waals surface area contributed by atoms with Gasteiger partial charge < -0.3 is 4.74 Å². The van der Waals surface area contributed by atoms with Gasteiger partial charge in [0, 0.05) is 32.4 Å². The van der Waals surface area contributed by atoms with Crippen LogP contribution in [0.1, 0.15) is 10.4 Å². The van der Waals surface area contributed by atoms with Crippen LogP contribution in [0.5, 0.6) is 0 Å². The second-order valence-corrected chi connectivity index (χ2v) is 10.8. The molecule has 1 amide bonds. The molecular weight excluding hydrogens is 477 g/mol. The first kappa shape index (κ1) is 23.1. The molecule has 0 unspecified atom stereocenters. The average molecular weight is 498 g/mol. The molecule has 0 saturated carbocycles. The molecule has 1 aliphatic heterocycles. The summed E-state index contributed by atoms with van der Waals surface area (Å²) in [6, 6.07) is 8.72. The standard InChI is InChI=1S/C21H21ClFN3O4S2/c1-32(28,29)14-5-6-17-18(13-14)31-21(24-17)26(8-7-25-9-11-30-12-10-25)20(27)19-15(22)3-2-4-16(19)23/h2-6,13H,7-12H2,1H3. The highest BCUT2D eigenvalue weighted by Gasteiger charge is 2.27. The molecule has 0 N–H and O–H groups in total. The summed E-state index contributed by atoms with van der Waals surface area (Å²) in [5, 5.41) is 0.370. The van der Waals surface area contributed by atoms with Gasteiger partial charge in [-0.25, -0.2) is 17.8 Å². The second-order valence-electron chi connectivity index (χ2n) is 7.41. The van der Waals surface area contributed by atoms with E-state index in [0.717, 1.165) is 19.3 Å².